The predicted molar refractivity (Wildman–Crippen MR) is 83.9 cm³/mol. The van der Waals surface area contributed by atoms with Crippen molar-refractivity contribution in [3.05, 3.63) is 41.2 Å². The van der Waals surface area contributed by atoms with Crippen molar-refractivity contribution < 1.29 is 4.74 Å². The molecule has 0 saturated heterocycles. The molecule has 3 heteroatoms. The van der Waals surface area contributed by atoms with Crippen LogP contribution in [0.15, 0.2) is 29.9 Å². The number of aromatic nitrogens is 1. The lowest BCUT2D eigenvalue weighted by molar-refractivity contribution is 0.121. The van der Waals surface area contributed by atoms with Crippen LogP contribution < -0.4 is 0 Å². The zero-order chi connectivity index (χ0) is 14.2. The van der Waals surface area contributed by atoms with Crippen LogP contribution in [0.4, 0.5) is 0 Å². The molecule has 1 heterocycles. The molecular weight excluding hydrogens is 270 g/mol. The van der Waals surface area contributed by atoms with Crippen LogP contribution in [-0.2, 0) is 11.3 Å². The van der Waals surface area contributed by atoms with Crippen molar-refractivity contribution in [3.63, 3.8) is 0 Å². The highest BCUT2D eigenvalue weighted by Crippen LogP contribution is 2.35. The lowest BCUT2D eigenvalue weighted by Gasteiger charge is -2.26. The fourth-order valence-electron chi connectivity index (χ4n) is 2.81. The summed E-state index contributed by atoms with van der Waals surface area (Å²) < 4.78 is 5.54. The van der Waals surface area contributed by atoms with Crippen LogP contribution in [0.2, 0.25) is 0 Å². The number of rotatable bonds is 6. The maximum Gasteiger partial charge on any atom is 0.0731 e. The third-order valence-electron chi connectivity index (χ3n) is 4.00. The van der Waals surface area contributed by atoms with Gasteiger partial charge in [-0.05, 0) is 49.7 Å². The number of halogens is 1. The molecule has 2 rings (SSSR count). The minimum absolute atomic E-state index is 0.612. The van der Waals surface area contributed by atoms with Crippen molar-refractivity contribution >= 4 is 11.6 Å². The van der Waals surface area contributed by atoms with Crippen LogP contribution in [0.1, 0.15) is 56.2 Å². The van der Waals surface area contributed by atoms with Crippen molar-refractivity contribution in [2.45, 2.75) is 51.6 Å². The van der Waals surface area contributed by atoms with Gasteiger partial charge in [-0.2, -0.15) is 0 Å². The first-order valence-electron chi connectivity index (χ1n) is 7.63. The van der Waals surface area contributed by atoms with E-state index in [4.69, 9.17) is 16.3 Å². The highest BCUT2D eigenvalue weighted by Gasteiger charge is 2.21. The Morgan fingerprint density at radius 1 is 1.30 bits per heavy atom. The van der Waals surface area contributed by atoms with Crippen LogP contribution in [0, 0.1) is 5.92 Å². The highest BCUT2D eigenvalue weighted by atomic mass is 35.5. The molecule has 1 aliphatic rings. The van der Waals surface area contributed by atoms with E-state index in [1.54, 1.807) is 5.54 Å². The summed E-state index contributed by atoms with van der Waals surface area (Å²) in [6.45, 7) is 3.62. The van der Waals surface area contributed by atoms with E-state index in [0.717, 1.165) is 13.0 Å². The second kappa shape index (κ2) is 8.43. The summed E-state index contributed by atoms with van der Waals surface area (Å²) in [5.74, 6) is 1.27. The van der Waals surface area contributed by atoms with E-state index in [2.05, 4.69) is 30.1 Å². The number of allylic oxidation sites excluding steroid dienone is 1. The van der Waals surface area contributed by atoms with Crippen LogP contribution in [0.3, 0.4) is 0 Å². The normalized spacial score (nSPS) is 23.3. The molecule has 0 radical (unpaired) electrons. The number of ether oxygens (including phenoxy) is 1. The van der Waals surface area contributed by atoms with Gasteiger partial charge in [0.2, 0.25) is 0 Å². The molecule has 0 aliphatic heterocycles. The minimum atomic E-state index is 0.612. The summed E-state index contributed by atoms with van der Waals surface area (Å²) in [5, 5.41) is 0. The smallest absolute Gasteiger partial charge is 0.0731 e. The fraction of sp³-hybridized carbons (Fsp3) is 0.588. The number of pyridine rings is 1. The van der Waals surface area contributed by atoms with E-state index >= 15 is 0 Å². The molecule has 0 atom stereocenters. The Bertz CT molecular complexity index is 408. The highest BCUT2D eigenvalue weighted by molar-refractivity contribution is 6.25. The topological polar surface area (TPSA) is 22.1 Å². The molecule has 0 bridgehead atoms. The van der Waals surface area contributed by atoms with E-state index in [0.29, 0.717) is 18.4 Å². The van der Waals surface area contributed by atoms with Crippen LogP contribution >= 0.6 is 11.6 Å². The lowest BCUT2D eigenvalue weighted by atomic mass is 9.80. The van der Waals surface area contributed by atoms with Crippen molar-refractivity contribution in [3.8, 4) is 0 Å². The Morgan fingerprint density at radius 3 is 2.70 bits per heavy atom. The molecular formula is C17H24ClNO. The van der Waals surface area contributed by atoms with E-state index in [9.17, 15) is 0 Å². The van der Waals surface area contributed by atoms with Gasteiger partial charge in [0.05, 0.1) is 6.61 Å². The van der Waals surface area contributed by atoms with Gasteiger partial charge in [-0.1, -0.05) is 30.7 Å². The summed E-state index contributed by atoms with van der Waals surface area (Å²) in [6.07, 6.45) is 10.0. The average molecular weight is 294 g/mol. The van der Waals surface area contributed by atoms with Gasteiger partial charge in [0.15, 0.2) is 0 Å². The maximum atomic E-state index is 5.65. The van der Waals surface area contributed by atoms with Gasteiger partial charge in [0, 0.05) is 30.0 Å². The first-order chi connectivity index (χ1) is 9.83. The Hall–Kier alpha value is -0.860. The predicted octanol–water partition coefficient (Wildman–Crippen LogP) is 5.03. The Balaban J connectivity index is 1.84. The molecule has 0 amide bonds. The molecule has 110 valence electrons. The maximum absolute atomic E-state index is 5.65. The van der Waals surface area contributed by atoms with Gasteiger partial charge in [-0.3, -0.25) is 4.98 Å². The SMILES string of the molecule is CCCOCc1ccc(C2CCC(/C=C/Cl)CC2)nc1. The molecule has 0 aromatic carbocycles. The first kappa shape index (κ1) is 15.5. The van der Waals surface area contributed by atoms with Gasteiger partial charge in [0.1, 0.15) is 0 Å². The molecule has 1 fully saturated rings. The van der Waals surface area contributed by atoms with Crippen molar-refractivity contribution in [1.29, 1.82) is 0 Å². The first-order valence-corrected chi connectivity index (χ1v) is 8.06. The third kappa shape index (κ3) is 4.60. The summed E-state index contributed by atoms with van der Waals surface area (Å²) in [6, 6.07) is 4.33. The number of hydrogen-bond acceptors (Lipinski definition) is 2. The second-order valence-corrected chi connectivity index (χ2v) is 5.83. The molecule has 1 aromatic rings. The molecule has 0 spiro atoms. The number of hydrogen-bond donors (Lipinski definition) is 0. The van der Waals surface area contributed by atoms with Crippen molar-refractivity contribution in [2.24, 2.45) is 5.92 Å². The van der Waals surface area contributed by atoms with Crippen molar-refractivity contribution in [2.75, 3.05) is 6.61 Å². The summed E-state index contributed by atoms with van der Waals surface area (Å²) in [4.78, 5) is 4.63. The lowest BCUT2D eigenvalue weighted by Crippen LogP contribution is -2.12. The van der Waals surface area contributed by atoms with Crippen molar-refractivity contribution in [1.82, 2.24) is 4.98 Å². The minimum Gasteiger partial charge on any atom is -0.377 e. The molecule has 1 saturated carbocycles. The van der Waals surface area contributed by atoms with Crippen LogP contribution in [-0.4, -0.2) is 11.6 Å². The molecule has 0 unspecified atom stereocenters. The quantitative estimate of drug-likeness (QED) is 0.686. The molecule has 1 aromatic heterocycles. The number of nitrogens with zero attached hydrogens (tertiary/aromatic N) is 1. The third-order valence-corrected chi connectivity index (χ3v) is 4.15. The summed E-state index contributed by atoms with van der Waals surface area (Å²) in [5.41, 5.74) is 4.06. The second-order valence-electron chi connectivity index (χ2n) is 5.57. The monoisotopic (exact) mass is 293 g/mol. The Labute approximate surface area is 127 Å². The standard InChI is InChI=1S/C17H24ClNO/c1-2-11-20-13-15-5-8-17(19-12-15)16-6-3-14(4-7-16)9-10-18/h5,8-10,12,14,16H,2-4,6-7,11,13H2,1H3/b10-9+. The van der Waals surface area contributed by atoms with Gasteiger partial charge in [-0.15, -0.1) is 0 Å². The molecule has 20 heavy (non-hydrogen) atoms. The molecule has 0 N–H and O–H groups in total. The van der Waals surface area contributed by atoms with E-state index in [1.165, 1.54) is 36.9 Å². The Kier molecular flexibility index (Phi) is 6.55. The van der Waals surface area contributed by atoms with E-state index in [-0.39, 0.29) is 0 Å². The van der Waals surface area contributed by atoms with Crippen LogP contribution in [0.25, 0.3) is 0 Å². The largest absolute Gasteiger partial charge is 0.377 e. The van der Waals surface area contributed by atoms with E-state index < -0.39 is 0 Å². The zero-order valence-electron chi connectivity index (χ0n) is 12.2. The van der Waals surface area contributed by atoms with Gasteiger partial charge < -0.3 is 4.74 Å². The van der Waals surface area contributed by atoms with Gasteiger partial charge in [0.25, 0.3) is 0 Å². The van der Waals surface area contributed by atoms with Gasteiger partial charge >= 0.3 is 0 Å². The van der Waals surface area contributed by atoms with Gasteiger partial charge in [-0.25, -0.2) is 0 Å². The zero-order valence-corrected chi connectivity index (χ0v) is 13.0. The fourth-order valence-corrected chi connectivity index (χ4v) is 3.01. The Morgan fingerprint density at radius 2 is 2.10 bits per heavy atom. The average Bonchev–Trinajstić information content (AvgIpc) is 2.49. The summed E-state index contributed by atoms with van der Waals surface area (Å²) in [7, 11) is 0. The van der Waals surface area contributed by atoms with Crippen LogP contribution in [0.5, 0.6) is 0 Å². The van der Waals surface area contributed by atoms with E-state index in [1.807, 2.05) is 6.20 Å². The molecule has 2 nitrogen and oxygen atoms in total. The molecule has 1 aliphatic carbocycles. The summed E-state index contributed by atoms with van der Waals surface area (Å²) >= 11 is 5.65.